The molecule has 0 fully saturated rings. The zero-order valence-corrected chi connectivity index (χ0v) is 10.0. The number of amides is 1. The van der Waals surface area contributed by atoms with E-state index in [0.717, 1.165) is 0 Å². The van der Waals surface area contributed by atoms with Crippen LogP contribution in [-0.2, 0) is 4.79 Å². The Labute approximate surface area is 99.7 Å². The molecular formula is C11H15ClN2O2. The molecule has 1 aromatic rings. The van der Waals surface area contributed by atoms with Gasteiger partial charge in [0.25, 0.3) is 5.91 Å². The van der Waals surface area contributed by atoms with Gasteiger partial charge in [0.1, 0.15) is 0 Å². The first kappa shape index (κ1) is 12.6. The van der Waals surface area contributed by atoms with E-state index in [1.54, 1.807) is 25.1 Å². The van der Waals surface area contributed by atoms with E-state index in [0.29, 0.717) is 23.0 Å². The number of rotatable bonds is 4. The second-order valence-electron chi connectivity index (χ2n) is 3.31. The molecule has 16 heavy (non-hydrogen) atoms. The summed E-state index contributed by atoms with van der Waals surface area (Å²) in [7, 11) is 0. The van der Waals surface area contributed by atoms with E-state index in [2.05, 4.69) is 5.32 Å². The molecule has 0 bridgehead atoms. The molecule has 0 aliphatic heterocycles. The fourth-order valence-corrected chi connectivity index (χ4v) is 1.42. The number of nitrogens with two attached hydrogens (primary N) is 1. The molecule has 1 rings (SSSR count). The normalized spacial score (nSPS) is 11.9. The number of benzene rings is 1. The highest BCUT2D eigenvalue weighted by molar-refractivity contribution is 6.32. The number of carbonyl (C=O) groups excluding carboxylic acids is 1. The monoisotopic (exact) mass is 242 g/mol. The van der Waals surface area contributed by atoms with Crippen LogP contribution in [-0.4, -0.2) is 18.6 Å². The minimum atomic E-state index is -0.623. The lowest BCUT2D eigenvalue weighted by molar-refractivity contribution is -0.127. The number of nitrogens with one attached hydrogen (secondary N) is 1. The fraction of sp³-hybridized carbons (Fsp3) is 0.364. The smallest absolute Gasteiger partial charge is 0.260 e. The number of likely N-dealkylation sites (N-methyl/N-ethyl adjacent to an activating group) is 1. The van der Waals surface area contributed by atoms with Crippen LogP contribution in [0.2, 0.25) is 5.02 Å². The Hall–Kier alpha value is -1.42. The van der Waals surface area contributed by atoms with Gasteiger partial charge in [-0.2, -0.15) is 0 Å². The summed E-state index contributed by atoms with van der Waals surface area (Å²) in [4.78, 5) is 11.4. The molecule has 1 unspecified atom stereocenters. The van der Waals surface area contributed by atoms with Gasteiger partial charge in [0, 0.05) is 6.54 Å². The average molecular weight is 243 g/mol. The van der Waals surface area contributed by atoms with Gasteiger partial charge < -0.3 is 15.8 Å². The number of carbonyl (C=O) groups is 1. The van der Waals surface area contributed by atoms with Gasteiger partial charge in [-0.3, -0.25) is 4.79 Å². The van der Waals surface area contributed by atoms with E-state index in [1.165, 1.54) is 0 Å². The fourth-order valence-electron chi connectivity index (χ4n) is 1.20. The van der Waals surface area contributed by atoms with Crippen molar-refractivity contribution in [3.8, 4) is 5.75 Å². The van der Waals surface area contributed by atoms with Crippen molar-refractivity contribution in [1.82, 2.24) is 5.32 Å². The number of hydrogen-bond donors (Lipinski definition) is 2. The van der Waals surface area contributed by atoms with Gasteiger partial charge in [-0.05, 0) is 26.0 Å². The van der Waals surface area contributed by atoms with Crippen molar-refractivity contribution in [3.63, 3.8) is 0 Å². The predicted molar refractivity (Wildman–Crippen MR) is 64.6 cm³/mol. The standard InChI is InChI=1S/C11H15ClN2O2/c1-3-14-11(15)7(2)16-10-8(12)5-4-6-9(10)13/h4-7H,3,13H2,1-2H3,(H,14,15). The highest BCUT2D eigenvalue weighted by Crippen LogP contribution is 2.31. The van der Waals surface area contributed by atoms with E-state index < -0.39 is 6.10 Å². The highest BCUT2D eigenvalue weighted by atomic mass is 35.5. The number of nitrogen functional groups attached to an aromatic ring is 1. The Morgan fingerprint density at radius 2 is 2.31 bits per heavy atom. The average Bonchev–Trinajstić information content (AvgIpc) is 2.23. The molecule has 3 N–H and O–H groups in total. The van der Waals surface area contributed by atoms with Crippen molar-refractivity contribution in [2.75, 3.05) is 12.3 Å². The lowest BCUT2D eigenvalue weighted by Gasteiger charge is -2.16. The lowest BCUT2D eigenvalue weighted by atomic mass is 10.3. The van der Waals surface area contributed by atoms with Crippen molar-refractivity contribution in [2.45, 2.75) is 20.0 Å². The molecule has 1 aromatic carbocycles. The molecule has 4 nitrogen and oxygen atoms in total. The molecule has 0 saturated heterocycles. The molecule has 5 heteroatoms. The van der Waals surface area contributed by atoms with Gasteiger partial charge in [0.15, 0.2) is 11.9 Å². The summed E-state index contributed by atoms with van der Waals surface area (Å²) < 4.78 is 5.42. The van der Waals surface area contributed by atoms with Gasteiger partial charge in [-0.25, -0.2) is 0 Å². The summed E-state index contributed by atoms with van der Waals surface area (Å²) in [6.45, 7) is 4.05. The number of halogens is 1. The van der Waals surface area contributed by atoms with Crippen LogP contribution in [0, 0.1) is 0 Å². The number of hydrogen-bond acceptors (Lipinski definition) is 3. The molecule has 0 aromatic heterocycles. The third kappa shape index (κ3) is 3.03. The van der Waals surface area contributed by atoms with Crippen LogP contribution in [0.3, 0.4) is 0 Å². The second kappa shape index (κ2) is 5.61. The minimum Gasteiger partial charge on any atom is -0.477 e. The molecule has 0 aliphatic carbocycles. The Bertz CT molecular complexity index is 362. The maximum Gasteiger partial charge on any atom is 0.260 e. The minimum absolute atomic E-state index is 0.193. The maximum atomic E-state index is 11.4. The van der Waals surface area contributed by atoms with E-state index >= 15 is 0 Å². The Kier molecular flexibility index (Phi) is 4.43. The number of anilines is 1. The van der Waals surface area contributed by atoms with Gasteiger partial charge >= 0.3 is 0 Å². The molecule has 0 radical (unpaired) electrons. The van der Waals surface area contributed by atoms with Crippen LogP contribution in [0.5, 0.6) is 5.75 Å². The quantitative estimate of drug-likeness (QED) is 0.792. The van der Waals surface area contributed by atoms with Crippen LogP contribution in [0.25, 0.3) is 0 Å². The molecule has 0 heterocycles. The largest absolute Gasteiger partial charge is 0.477 e. The summed E-state index contributed by atoms with van der Waals surface area (Å²) in [6, 6.07) is 5.06. The highest BCUT2D eigenvalue weighted by Gasteiger charge is 2.16. The Morgan fingerprint density at radius 3 is 2.88 bits per heavy atom. The topological polar surface area (TPSA) is 64.3 Å². The van der Waals surface area contributed by atoms with Crippen LogP contribution in [0.4, 0.5) is 5.69 Å². The van der Waals surface area contributed by atoms with Crippen LogP contribution in [0.15, 0.2) is 18.2 Å². The van der Waals surface area contributed by atoms with Gasteiger partial charge in [-0.15, -0.1) is 0 Å². The second-order valence-corrected chi connectivity index (χ2v) is 3.72. The molecule has 88 valence electrons. The number of ether oxygens (including phenoxy) is 1. The van der Waals surface area contributed by atoms with Gasteiger partial charge in [-0.1, -0.05) is 17.7 Å². The van der Waals surface area contributed by atoms with Crippen LogP contribution < -0.4 is 15.8 Å². The summed E-state index contributed by atoms with van der Waals surface area (Å²) in [6.07, 6.45) is -0.623. The zero-order chi connectivity index (χ0) is 12.1. The third-order valence-corrected chi connectivity index (χ3v) is 2.31. The van der Waals surface area contributed by atoms with Crippen LogP contribution in [0.1, 0.15) is 13.8 Å². The van der Waals surface area contributed by atoms with Crippen molar-refractivity contribution in [1.29, 1.82) is 0 Å². The summed E-state index contributed by atoms with van der Waals surface area (Å²) in [5.41, 5.74) is 6.12. The molecular weight excluding hydrogens is 228 g/mol. The van der Waals surface area contributed by atoms with Crippen molar-refractivity contribution in [3.05, 3.63) is 23.2 Å². The molecule has 0 saturated carbocycles. The van der Waals surface area contributed by atoms with E-state index in [-0.39, 0.29) is 5.91 Å². The lowest BCUT2D eigenvalue weighted by Crippen LogP contribution is -2.36. The van der Waals surface area contributed by atoms with E-state index in [9.17, 15) is 4.79 Å². The zero-order valence-electron chi connectivity index (χ0n) is 9.29. The maximum absolute atomic E-state index is 11.4. The van der Waals surface area contributed by atoms with Gasteiger partial charge in [0.05, 0.1) is 10.7 Å². The molecule has 1 atom stereocenters. The Balaban J connectivity index is 2.76. The van der Waals surface area contributed by atoms with Crippen LogP contribution >= 0.6 is 11.6 Å². The molecule has 0 aliphatic rings. The SMILES string of the molecule is CCNC(=O)C(C)Oc1c(N)cccc1Cl. The van der Waals surface area contributed by atoms with Crippen molar-refractivity contribution >= 4 is 23.2 Å². The summed E-state index contributed by atoms with van der Waals surface area (Å²) >= 11 is 5.92. The van der Waals surface area contributed by atoms with E-state index in [4.69, 9.17) is 22.1 Å². The number of para-hydroxylation sites is 1. The van der Waals surface area contributed by atoms with Crippen molar-refractivity contribution < 1.29 is 9.53 Å². The molecule has 1 amide bonds. The van der Waals surface area contributed by atoms with Crippen molar-refractivity contribution in [2.24, 2.45) is 0 Å². The van der Waals surface area contributed by atoms with Gasteiger partial charge in [0.2, 0.25) is 0 Å². The Morgan fingerprint density at radius 1 is 1.62 bits per heavy atom. The summed E-state index contributed by atoms with van der Waals surface area (Å²) in [5.74, 6) is 0.157. The first-order valence-electron chi connectivity index (χ1n) is 5.04. The molecule has 0 spiro atoms. The predicted octanol–water partition coefficient (Wildman–Crippen LogP) is 1.83. The first-order valence-corrected chi connectivity index (χ1v) is 5.42. The van der Waals surface area contributed by atoms with E-state index in [1.807, 2.05) is 6.92 Å². The summed E-state index contributed by atoms with van der Waals surface area (Å²) in [5, 5.41) is 3.06. The first-order chi connectivity index (χ1) is 7.56. The third-order valence-electron chi connectivity index (χ3n) is 2.01.